The molecule has 0 bridgehead atoms. The molecule has 1 N–H and O–H groups in total. The number of hydrogen-bond donors (Lipinski definition) is 1. The van der Waals surface area contributed by atoms with Gasteiger partial charge in [0, 0.05) is 13.0 Å². The third-order valence-electron chi connectivity index (χ3n) is 6.08. The number of hydrogen-bond acceptors (Lipinski definition) is 5. The van der Waals surface area contributed by atoms with E-state index in [4.69, 9.17) is 9.47 Å². The first-order chi connectivity index (χ1) is 17.1. The van der Waals surface area contributed by atoms with Gasteiger partial charge in [-0.05, 0) is 23.3 Å². The maximum absolute atomic E-state index is 13.3. The molecule has 35 heavy (non-hydrogen) atoms. The van der Waals surface area contributed by atoms with E-state index in [1.165, 1.54) is 0 Å². The Hall–Kier alpha value is -4.39. The average Bonchev–Trinajstić information content (AvgIpc) is 3.46. The molecule has 0 spiro atoms. The molecule has 1 aliphatic carbocycles. The van der Waals surface area contributed by atoms with Crippen LogP contribution in [0.3, 0.4) is 0 Å². The maximum Gasteiger partial charge on any atom is 0.411 e. The van der Waals surface area contributed by atoms with E-state index in [1.54, 1.807) is 23.1 Å². The van der Waals surface area contributed by atoms with Crippen molar-refractivity contribution >= 4 is 17.9 Å². The number of imide groups is 1. The van der Waals surface area contributed by atoms with Crippen LogP contribution in [0, 0.1) is 0 Å². The number of amides is 3. The normalized spacial score (nSPS) is 18.2. The third-order valence-corrected chi connectivity index (χ3v) is 6.08. The van der Waals surface area contributed by atoms with Crippen LogP contribution in [0.1, 0.15) is 38.3 Å². The minimum atomic E-state index is -0.480. The van der Waals surface area contributed by atoms with E-state index in [-0.39, 0.29) is 12.2 Å². The predicted octanol–water partition coefficient (Wildman–Crippen LogP) is 4.49. The van der Waals surface area contributed by atoms with Gasteiger partial charge in [0.05, 0.1) is 17.2 Å². The number of rotatable bonds is 7. The first-order valence-electron chi connectivity index (χ1n) is 11.4. The van der Waals surface area contributed by atoms with Gasteiger partial charge in [0.25, 0.3) is 11.8 Å². The molecular weight excluding hydrogens is 444 g/mol. The van der Waals surface area contributed by atoms with Gasteiger partial charge in [-0.25, -0.2) is 4.79 Å². The second-order valence-corrected chi connectivity index (χ2v) is 8.43. The highest BCUT2D eigenvalue weighted by Crippen LogP contribution is 2.31. The standard InChI is InChI=1S/C28H24N2O5/c31-26-21-13-7-16-24(25(21)27(32)29-26)35-23-15-8-14-22(23)30(17-19-9-3-1-4-10-19)28(33)34-18-20-11-5-2-6-12-20/h1-14,16,22-23H,15,17-18H2,(H,29,31,32)/t22-,23+/m0/s1. The van der Waals surface area contributed by atoms with Crippen LogP contribution >= 0.6 is 0 Å². The molecule has 0 fully saturated rings. The lowest BCUT2D eigenvalue weighted by molar-refractivity contribution is 0.0561. The first-order valence-corrected chi connectivity index (χ1v) is 11.4. The molecule has 0 radical (unpaired) electrons. The van der Waals surface area contributed by atoms with E-state index in [0.29, 0.717) is 24.3 Å². The fourth-order valence-corrected chi connectivity index (χ4v) is 4.36. The molecule has 3 aromatic rings. The van der Waals surface area contributed by atoms with Gasteiger partial charge in [-0.3, -0.25) is 19.8 Å². The zero-order valence-electron chi connectivity index (χ0n) is 18.9. The van der Waals surface area contributed by atoms with Crippen molar-refractivity contribution in [2.24, 2.45) is 0 Å². The van der Waals surface area contributed by atoms with Crippen molar-refractivity contribution in [2.75, 3.05) is 0 Å². The van der Waals surface area contributed by atoms with Crippen molar-refractivity contribution in [1.29, 1.82) is 0 Å². The summed E-state index contributed by atoms with van der Waals surface area (Å²) in [5, 5.41) is 2.31. The van der Waals surface area contributed by atoms with E-state index in [2.05, 4.69) is 5.32 Å². The number of carbonyl (C=O) groups is 3. The molecular formula is C28H24N2O5. The summed E-state index contributed by atoms with van der Waals surface area (Å²) in [5.41, 5.74) is 2.36. The number of nitrogens with one attached hydrogen (secondary N) is 1. The molecule has 5 rings (SSSR count). The Kier molecular flexibility index (Phi) is 6.30. The quantitative estimate of drug-likeness (QED) is 0.408. The molecule has 176 valence electrons. The van der Waals surface area contributed by atoms with Gasteiger partial charge < -0.3 is 9.47 Å². The molecule has 2 aliphatic rings. The fraction of sp³-hybridized carbons (Fsp3) is 0.179. The molecule has 1 aliphatic heterocycles. The largest absolute Gasteiger partial charge is 0.487 e. The number of fused-ring (bicyclic) bond motifs is 1. The van der Waals surface area contributed by atoms with E-state index >= 15 is 0 Å². The van der Waals surface area contributed by atoms with Crippen molar-refractivity contribution in [3.8, 4) is 5.75 Å². The molecule has 7 heteroatoms. The highest BCUT2D eigenvalue weighted by Gasteiger charge is 2.36. The summed E-state index contributed by atoms with van der Waals surface area (Å²) in [6.45, 7) is 0.483. The number of carbonyl (C=O) groups excluding carboxylic acids is 3. The van der Waals surface area contributed by atoms with Gasteiger partial charge in [0.1, 0.15) is 18.5 Å². The van der Waals surface area contributed by atoms with Crippen LogP contribution in [0.4, 0.5) is 4.79 Å². The monoisotopic (exact) mass is 468 g/mol. The molecule has 1 heterocycles. The van der Waals surface area contributed by atoms with Crippen LogP contribution in [0.15, 0.2) is 91.0 Å². The van der Waals surface area contributed by atoms with Crippen molar-refractivity contribution in [1.82, 2.24) is 10.2 Å². The summed E-state index contributed by atoms with van der Waals surface area (Å²) >= 11 is 0. The Bertz CT molecular complexity index is 1270. The molecule has 2 atom stereocenters. The Morgan fingerprint density at radius 2 is 1.60 bits per heavy atom. The summed E-state index contributed by atoms with van der Waals surface area (Å²) in [5.74, 6) is -0.597. The molecule has 0 saturated heterocycles. The van der Waals surface area contributed by atoms with Crippen LogP contribution in [-0.4, -0.2) is 35.0 Å². The van der Waals surface area contributed by atoms with Crippen LogP contribution in [0.5, 0.6) is 5.75 Å². The van der Waals surface area contributed by atoms with Gasteiger partial charge in [-0.1, -0.05) is 78.9 Å². The molecule has 0 unspecified atom stereocenters. The van der Waals surface area contributed by atoms with Crippen molar-refractivity contribution in [2.45, 2.75) is 31.7 Å². The lowest BCUT2D eigenvalue weighted by atomic mass is 10.1. The molecule has 3 aromatic carbocycles. The van der Waals surface area contributed by atoms with Gasteiger partial charge in [-0.2, -0.15) is 0 Å². The molecule has 0 aromatic heterocycles. The van der Waals surface area contributed by atoms with E-state index in [1.807, 2.05) is 72.8 Å². The Morgan fingerprint density at radius 1 is 0.886 bits per heavy atom. The minimum Gasteiger partial charge on any atom is -0.487 e. The highest BCUT2D eigenvalue weighted by atomic mass is 16.6. The number of nitrogens with zero attached hydrogens (tertiary/aromatic N) is 1. The molecule has 3 amide bonds. The predicted molar refractivity (Wildman–Crippen MR) is 129 cm³/mol. The SMILES string of the molecule is O=C1NC(=O)c2c(O[C@@H]3CC=C[C@@H]3N(Cc3ccccc3)C(=O)OCc3ccccc3)cccc21. The third kappa shape index (κ3) is 4.80. The van der Waals surface area contributed by atoms with Gasteiger partial charge >= 0.3 is 6.09 Å². The lowest BCUT2D eigenvalue weighted by Gasteiger charge is -2.32. The second-order valence-electron chi connectivity index (χ2n) is 8.43. The van der Waals surface area contributed by atoms with Crippen LogP contribution in [0.2, 0.25) is 0 Å². The van der Waals surface area contributed by atoms with E-state index in [9.17, 15) is 14.4 Å². The Morgan fingerprint density at radius 3 is 2.34 bits per heavy atom. The summed E-state index contributed by atoms with van der Waals surface area (Å²) in [6, 6.07) is 23.7. The molecule has 7 nitrogen and oxygen atoms in total. The fourth-order valence-electron chi connectivity index (χ4n) is 4.36. The lowest BCUT2D eigenvalue weighted by Crippen LogP contribution is -2.46. The number of benzene rings is 3. The Labute approximate surface area is 203 Å². The maximum atomic E-state index is 13.3. The van der Waals surface area contributed by atoms with Gasteiger partial charge in [0.15, 0.2) is 0 Å². The summed E-state index contributed by atoms with van der Waals surface area (Å²) in [7, 11) is 0. The summed E-state index contributed by atoms with van der Waals surface area (Å²) in [4.78, 5) is 39.3. The first kappa shape index (κ1) is 22.4. The van der Waals surface area contributed by atoms with E-state index < -0.39 is 30.1 Å². The summed E-state index contributed by atoms with van der Waals surface area (Å²) < 4.78 is 11.9. The van der Waals surface area contributed by atoms with Crippen LogP contribution < -0.4 is 10.1 Å². The zero-order valence-corrected chi connectivity index (χ0v) is 18.9. The highest BCUT2D eigenvalue weighted by molar-refractivity contribution is 6.22. The van der Waals surface area contributed by atoms with Crippen molar-refractivity contribution in [3.63, 3.8) is 0 Å². The second kappa shape index (κ2) is 9.85. The Balaban J connectivity index is 1.38. The van der Waals surface area contributed by atoms with Crippen molar-refractivity contribution in [3.05, 3.63) is 113 Å². The minimum absolute atomic E-state index is 0.154. The topological polar surface area (TPSA) is 84.9 Å². The van der Waals surface area contributed by atoms with Crippen LogP contribution in [0.25, 0.3) is 0 Å². The van der Waals surface area contributed by atoms with Gasteiger partial charge in [0.2, 0.25) is 0 Å². The zero-order chi connectivity index (χ0) is 24.2. The number of ether oxygens (including phenoxy) is 2. The van der Waals surface area contributed by atoms with E-state index in [0.717, 1.165) is 11.1 Å². The summed E-state index contributed by atoms with van der Waals surface area (Å²) in [6.07, 6.45) is 3.51. The molecule has 0 saturated carbocycles. The average molecular weight is 469 g/mol. The van der Waals surface area contributed by atoms with Crippen molar-refractivity contribution < 1.29 is 23.9 Å². The van der Waals surface area contributed by atoms with Gasteiger partial charge in [-0.15, -0.1) is 0 Å². The van der Waals surface area contributed by atoms with Crippen LogP contribution in [-0.2, 0) is 17.9 Å². The smallest absolute Gasteiger partial charge is 0.411 e.